The third kappa shape index (κ3) is 3.63. The fraction of sp³-hybridized carbons (Fsp3) is 0.500. The molecule has 3 rings (SSSR count). The summed E-state index contributed by atoms with van der Waals surface area (Å²) in [5, 5.41) is 0.772. The Morgan fingerprint density at radius 2 is 2.17 bits per heavy atom. The normalized spacial score (nSPS) is 19.3. The lowest BCUT2D eigenvalue weighted by Gasteiger charge is -2.32. The number of hydrogen-bond donors (Lipinski definition) is 2. The van der Waals surface area contributed by atoms with Crippen LogP contribution in [0.5, 0.6) is 0 Å². The van der Waals surface area contributed by atoms with Gasteiger partial charge in [0.2, 0.25) is 0 Å². The van der Waals surface area contributed by atoms with E-state index in [9.17, 15) is 4.79 Å². The second kappa shape index (κ2) is 6.83. The van der Waals surface area contributed by atoms with Crippen molar-refractivity contribution < 1.29 is 4.74 Å². The van der Waals surface area contributed by atoms with Crippen LogP contribution in [0.25, 0.3) is 10.9 Å². The lowest BCUT2D eigenvalue weighted by atomic mass is 10.1. The van der Waals surface area contributed by atoms with Crippen LogP contribution in [0.15, 0.2) is 23.0 Å². The molecule has 124 valence electrons. The van der Waals surface area contributed by atoms with E-state index in [0.717, 1.165) is 60.4 Å². The van der Waals surface area contributed by atoms with Crippen molar-refractivity contribution in [2.45, 2.75) is 32.9 Å². The molecule has 1 unspecified atom stereocenters. The summed E-state index contributed by atoms with van der Waals surface area (Å²) < 4.78 is 5.72. The average molecular weight is 315 g/mol. The van der Waals surface area contributed by atoms with E-state index < -0.39 is 0 Å². The number of ether oxygens (including phenoxy) is 1. The van der Waals surface area contributed by atoms with E-state index in [-0.39, 0.29) is 11.5 Å². The first kappa shape index (κ1) is 16.2. The van der Waals surface area contributed by atoms with Gasteiger partial charge in [0.15, 0.2) is 5.43 Å². The monoisotopic (exact) mass is 315 g/mol. The van der Waals surface area contributed by atoms with Crippen LogP contribution in [0.1, 0.15) is 23.2 Å². The number of pyridine rings is 1. The predicted octanol–water partition coefficient (Wildman–Crippen LogP) is 1.69. The number of hydrogen-bond acceptors (Lipinski definition) is 4. The fourth-order valence-corrected chi connectivity index (χ4v) is 3.37. The van der Waals surface area contributed by atoms with Gasteiger partial charge in [0.25, 0.3) is 0 Å². The Kier molecular flexibility index (Phi) is 4.80. The van der Waals surface area contributed by atoms with Gasteiger partial charge in [-0.25, -0.2) is 0 Å². The van der Waals surface area contributed by atoms with Gasteiger partial charge in [0, 0.05) is 36.8 Å². The Labute approximate surface area is 136 Å². The van der Waals surface area contributed by atoms with Crippen LogP contribution in [0.3, 0.4) is 0 Å². The zero-order chi connectivity index (χ0) is 16.4. The molecule has 0 radical (unpaired) electrons. The Morgan fingerprint density at radius 3 is 2.96 bits per heavy atom. The van der Waals surface area contributed by atoms with Crippen LogP contribution >= 0.6 is 0 Å². The number of rotatable bonds is 4. The van der Waals surface area contributed by atoms with Crippen molar-refractivity contribution in [3.05, 3.63) is 45.2 Å². The highest BCUT2D eigenvalue weighted by Crippen LogP contribution is 2.17. The van der Waals surface area contributed by atoms with Crippen molar-refractivity contribution in [3.8, 4) is 0 Å². The van der Waals surface area contributed by atoms with E-state index in [1.165, 1.54) is 0 Å². The smallest absolute Gasteiger partial charge is 0.189 e. The number of fused-ring (bicyclic) bond motifs is 1. The van der Waals surface area contributed by atoms with Crippen molar-refractivity contribution in [1.82, 2.24) is 9.88 Å². The molecule has 1 atom stereocenters. The molecule has 1 saturated heterocycles. The molecule has 0 amide bonds. The standard InChI is InChI=1S/C18H25N3O2/c1-12-7-13(2)18-16(8-12)17(22)9-14(20-18)10-21-5-6-23-15(11-21)3-4-19/h7-9,15H,3-6,10-11,19H2,1-2H3,(H,20,22). The van der Waals surface area contributed by atoms with Gasteiger partial charge in [-0.2, -0.15) is 0 Å². The highest BCUT2D eigenvalue weighted by atomic mass is 16.5. The number of morpholine rings is 1. The molecule has 1 fully saturated rings. The first-order valence-corrected chi connectivity index (χ1v) is 8.24. The molecule has 0 saturated carbocycles. The van der Waals surface area contributed by atoms with Crippen molar-refractivity contribution >= 4 is 10.9 Å². The third-order valence-electron chi connectivity index (χ3n) is 4.44. The van der Waals surface area contributed by atoms with Crippen LogP contribution in [-0.2, 0) is 11.3 Å². The second-order valence-corrected chi connectivity index (χ2v) is 6.47. The quantitative estimate of drug-likeness (QED) is 0.901. The summed E-state index contributed by atoms with van der Waals surface area (Å²) in [7, 11) is 0. The number of nitrogens with one attached hydrogen (secondary N) is 1. The zero-order valence-corrected chi connectivity index (χ0v) is 13.9. The molecular weight excluding hydrogens is 290 g/mol. The summed E-state index contributed by atoms with van der Waals surface area (Å²) in [4.78, 5) is 18.2. The molecule has 23 heavy (non-hydrogen) atoms. The lowest BCUT2D eigenvalue weighted by Crippen LogP contribution is -2.42. The molecule has 0 spiro atoms. The van der Waals surface area contributed by atoms with Crippen molar-refractivity contribution in [3.63, 3.8) is 0 Å². The molecule has 1 aromatic carbocycles. The van der Waals surface area contributed by atoms with Gasteiger partial charge in [-0.05, 0) is 44.0 Å². The van der Waals surface area contributed by atoms with Gasteiger partial charge in [0.1, 0.15) is 0 Å². The molecule has 0 bridgehead atoms. The van der Waals surface area contributed by atoms with Gasteiger partial charge >= 0.3 is 0 Å². The number of benzene rings is 1. The number of H-pyrrole nitrogens is 1. The molecule has 1 aromatic heterocycles. The number of aromatic amines is 1. The topological polar surface area (TPSA) is 71.3 Å². The Balaban J connectivity index is 1.85. The maximum absolute atomic E-state index is 12.4. The Bertz CT molecular complexity index is 752. The zero-order valence-electron chi connectivity index (χ0n) is 13.9. The Morgan fingerprint density at radius 1 is 1.35 bits per heavy atom. The number of nitrogens with zero attached hydrogens (tertiary/aromatic N) is 1. The highest BCUT2D eigenvalue weighted by molar-refractivity contribution is 5.82. The van der Waals surface area contributed by atoms with Gasteiger partial charge in [0.05, 0.1) is 18.2 Å². The summed E-state index contributed by atoms with van der Waals surface area (Å²) in [6.45, 7) is 7.91. The van der Waals surface area contributed by atoms with E-state index in [1.807, 2.05) is 19.9 Å². The Hall–Kier alpha value is -1.69. The molecule has 5 nitrogen and oxygen atoms in total. The first-order valence-electron chi connectivity index (χ1n) is 8.24. The van der Waals surface area contributed by atoms with Crippen molar-refractivity contribution in [2.75, 3.05) is 26.2 Å². The van der Waals surface area contributed by atoms with Crippen LogP contribution in [0.4, 0.5) is 0 Å². The molecule has 1 aliphatic rings. The highest BCUT2D eigenvalue weighted by Gasteiger charge is 2.20. The van der Waals surface area contributed by atoms with Gasteiger partial charge < -0.3 is 15.5 Å². The number of aromatic nitrogens is 1. The molecule has 2 heterocycles. The summed E-state index contributed by atoms with van der Waals surface area (Å²) in [6, 6.07) is 5.79. The average Bonchev–Trinajstić information content (AvgIpc) is 2.49. The van der Waals surface area contributed by atoms with Crippen LogP contribution in [0.2, 0.25) is 0 Å². The maximum atomic E-state index is 12.4. The minimum Gasteiger partial charge on any atom is -0.376 e. The lowest BCUT2D eigenvalue weighted by molar-refractivity contribution is -0.0338. The first-order chi connectivity index (χ1) is 11.1. The summed E-state index contributed by atoms with van der Waals surface area (Å²) in [5.41, 5.74) is 9.85. The van der Waals surface area contributed by atoms with Gasteiger partial charge in [-0.15, -0.1) is 0 Å². The summed E-state index contributed by atoms with van der Waals surface area (Å²) in [6.07, 6.45) is 1.08. The molecule has 0 aliphatic carbocycles. The minimum atomic E-state index is 0.0901. The van der Waals surface area contributed by atoms with Crippen molar-refractivity contribution in [1.29, 1.82) is 0 Å². The fourth-order valence-electron chi connectivity index (χ4n) is 3.37. The van der Waals surface area contributed by atoms with E-state index in [4.69, 9.17) is 10.5 Å². The second-order valence-electron chi connectivity index (χ2n) is 6.47. The SMILES string of the molecule is Cc1cc(C)c2[nH]c(CN3CCOC(CCN)C3)cc(=O)c2c1. The molecule has 5 heteroatoms. The predicted molar refractivity (Wildman–Crippen MR) is 92.7 cm³/mol. The van der Waals surface area contributed by atoms with E-state index in [1.54, 1.807) is 6.07 Å². The largest absolute Gasteiger partial charge is 0.376 e. The molecule has 2 aromatic rings. The minimum absolute atomic E-state index is 0.0901. The number of nitrogens with two attached hydrogens (primary N) is 1. The van der Waals surface area contributed by atoms with Crippen LogP contribution < -0.4 is 11.2 Å². The van der Waals surface area contributed by atoms with Crippen molar-refractivity contribution in [2.24, 2.45) is 5.73 Å². The molecule has 1 aliphatic heterocycles. The van der Waals surface area contributed by atoms with E-state index in [0.29, 0.717) is 6.54 Å². The van der Waals surface area contributed by atoms with E-state index in [2.05, 4.69) is 16.0 Å². The third-order valence-corrected chi connectivity index (χ3v) is 4.44. The van der Waals surface area contributed by atoms with Crippen LogP contribution in [0, 0.1) is 13.8 Å². The number of aryl methyl sites for hydroxylation is 2. The van der Waals surface area contributed by atoms with Crippen LogP contribution in [-0.4, -0.2) is 42.2 Å². The maximum Gasteiger partial charge on any atom is 0.189 e. The summed E-state index contributed by atoms with van der Waals surface area (Å²) in [5.74, 6) is 0. The van der Waals surface area contributed by atoms with Gasteiger partial charge in [-0.3, -0.25) is 9.69 Å². The molecular formula is C18H25N3O2. The van der Waals surface area contributed by atoms with Gasteiger partial charge in [-0.1, -0.05) is 6.07 Å². The molecule has 3 N–H and O–H groups in total. The van der Waals surface area contributed by atoms with E-state index >= 15 is 0 Å². The summed E-state index contributed by atoms with van der Waals surface area (Å²) >= 11 is 0.